The first-order valence-electron chi connectivity index (χ1n) is 5.50. The fourth-order valence-electron chi connectivity index (χ4n) is 1.88. The summed E-state index contributed by atoms with van der Waals surface area (Å²) >= 11 is 0. The lowest BCUT2D eigenvalue weighted by Crippen LogP contribution is -2.41. The van der Waals surface area contributed by atoms with Gasteiger partial charge in [-0.25, -0.2) is 0 Å². The fourth-order valence-corrected chi connectivity index (χ4v) is 1.88. The van der Waals surface area contributed by atoms with E-state index in [1.54, 1.807) is 0 Å². The molecule has 1 N–H and O–H groups in total. The number of hydrogen-bond acceptors (Lipinski definition) is 2. The van der Waals surface area contributed by atoms with Crippen molar-refractivity contribution in [1.29, 1.82) is 0 Å². The van der Waals surface area contributed by atoms with Gasteiger partial charge in [0.05, 0.1) is 0 Å². The minimum Gasteiger partial charge on any atom is -0.381 e. The van der Waals surface area contributed by atoms with Gasteiger partial charge in [-0.05, 0) is 24.7 Å². The van der Waals surface area contributed by atoms with Crippen molar-refractivity contribution in [3.8, 4) is 0 Å². The van der Waals surface area contributed by atoms with Gasteiger partial charge in [-0.2, -0.15) is 0 Å². The zero-order chi connectivity index (χ0) is 9.73. The second-order valence-corrected chi connectivity index (χ2v) is 4.50. The molecule has 0 bridgehead atoms. The van der Waals surface area contributed by atoms with Crippen molar-refractivity contribution >= 4 is 0 Å². The summed E-state index contributed by atoms with van der Waals surface area (Å²) in [6.45, 7) is 9.78. The van der Waals surface area contributed by atoms with Crippen molar-refractivity contribution in [3.63, 3.8) is 0 Å². The lowest BCUT2D eigenvalue weighted by atomic mass is 9.78. The maximum atomic E-state index is 5.41. The molecule has 0 saturated carbocycles. The Morgan fingerprint density at radius 1 is 1.31 bits per heavy atom. The third-order valence-corrected chi connectivity index (χ3v) is 3.19. The molecule has 0 aliphatic carbocycles. The Morgan fingerprint density at radius 2 is 1.92 bits per heavy atom. The smallest absolute Gasteiger partial charge is 0.0471 e. The van der Waals surface area contributed by atoms with E-state index >= 15 is 0 Å². The van der Waals surface area contributed by atoms with Crippen LogP contribution in [-0.4, -0.2) is 25.8 Å². The van der Waals surface area contributed by atoms with Gasteiger partial charge in [-0.15, -0.1) is 0 Å². The van der Waals surface area contributed by atoms with Gasteiger partial charge in [0.1, 0.15) is 0 Å². The second kappa shape index (κ2) is 4.97. The Morgan fingerprint density at radius 3 is 2.38 bits per heavy atom. The third kappa shape index (κ3) is 3.28. The van der Waals surface area contributed by atoms with Crippen LogP contribution in [0.15, 0.2) is 0 Å². The van der Waals surface area contributed by atoms with Gasteiger partial charge in [-0.1, -0.05) is 20.8 Å². The first kappa shape index (κ1) is 11.0. The number of ether oxygens (including phenoxy) is 1. The van der Waals surface area contributed by atoms with E-state index in [4.69, 9.17) is 4.74 Å². The predicted molar refractivity (Wildman–Crippen MR) is 55.9 cm³/mol. The molecular weight excluding hydrogens is 162 g/mol. The minimum absolute atomic E-state index is 0.516. The quantitative estimate of drug-likeness (QED) is 0.725. The molecule has 1 aliphatic heterocycles. The number of nitrogens with one attached hydrogen (secondary N) is 1. The molecule has 0 unspecified atom stereocenters. The largest absolute Gasteiger partial charge is 0.381 e. The first-order chi connectivity index (χ1) is 6.18. The minimum atomic E-state index is 0.516. The monoisotopic (exact) mass is 185 g/mol. The summed E-state index contributed by atoms with van der Waals surface area (Å²) in [5.41, 5.74) is 0.516. The van der Waals surface area contributed by atoms with Crippen LogP contribution >= 0.6 is 0 Å². The molecule has 0 radical (unpaired) electrons. The van der Waals surface area contributed by atoms with E-state index in [1.807, 2.05) is 0 Å². The predicted octanol–water partition coefficient (Wildman–Crippen LogP) is 2.19. The molecule has 1 rings (SSSR count). The Balaban J connectivity index is 2.38. The van der Waals surface area contributed by atoms with Crippen molar-refractivity contribution in [1.82, 2.24) is 5.32 Å². The van der Waals surface area contributed by atoms with Crippen molar-refractivity contribution in [2.45, 2.75) is 46.1 Å². The van der Waals surface area contributed by atoms with Crippen LogP contribution in [0.1, 0.15) is 40.0 Å². The first-order valence-corrected chi connectivity index (χ1v) is 5.50. The van der Waals surface area contributed by atoms with Gasteiger partial charge < -0.3 is 10.1 Å². The van der Waals surface area contributed by atoms with E-state index in [-0.39, 0.29) is 0 Å². The molecule has 2 nitrogen and oxygen atoms in total. The zero-order valence-corrected chi connectivity index (χ0v) is 9.23. The molecule has 0 atom stereocenters. The summed E-state index contributed by atoms with van der Waals surface area (Å²) in [6, 6.07) is 0.603. The summed E-state index contributed by atoms with van der Waals surface area (Å²) in [5.74, 6) is 0. The van der Waals surface area contributed by atoms with Crippen LogP contribution in [0.3, 0.4) is 0 Å². The summed E-state index contributed by atoms with van der Waals surface area (Å²) < 4.78 is 5.41. The number of rotatable bonds is 4. The highest BCUT2D eigenvalue weighted by atomic mass is 16.5. The molecule has 1 heterocycles. The van der Waals surface area contributed by atoms with E-state index in [0.717, 1.165) is 19.8 Å². The lowest BCUT2D eigenvalue weighted by molar-refractivity contribution is 0.0120. The molecule has 1 fully saturated rings. The molecule has 2 heteroatoms. The number of hydrogen-bond donors (Lipinski definition) is 1. The fraction of sp³-hybridized carbons (Fsp3) is 1.00. The van der Waals surface area contributed by atoms with Gasteiger partial charge in [0.15, 0.2) is 0 Å². The van der Waals surface area contributed by atoms with Gasteiger partial charge in [0.2, 0.25) is 0 Å². The van der Waals surface area contributed by atoms with Crippen LogP contribution in [-0.2, 0) is 4.74 Å². The zero-order valence-electron chi connectivity index (χ0n) is 9.23. The molecule has 13 heavy (non-hydrogen) atoms. The molecule has 1 saturated heterocycles. The van der Waals surface area contributed by atoms with Crippen LogP contribution in [0.5, 0.6) is 0 Å². The van der Waals surface area contributed by atoms with E-state index < -0.39 is 0 Å². The molecule has 0 aromatic carbocycles. The van der Waals surface area contributed by atoms with Crippen LogP contribution in [0, 0.1) is 5.41 Å². The highest BCUT2D eigenvalue weighted by molar-refractivity contribution is 4.83. The summed E-state index contributed by atoms with van der Waals surface area (Å²) in [5, 5.41) is 3.55. The summed E-state index contributed by atoms with van der Waals surface area (Å²) in [7, 11) is 0. The van der Waals surface area contributed by atoms with E-state index in [0.29, 0.717) is 11.5 Å². The van der Waals surface area contributed by atoms with Gasteiger partial charge in [0, 0.05) is 25.8 Å². The van der Waals surface area contributed by atoms with E-state index in [2.05, 4.69) is 26.1 Å². The normalized spacial score (nSPS) is 22.2. The maximum Gasteiger partial charge on any atom is 0.0471 e. The van der Waals surface area contributed by atoms with Crippen molar-refractivity contribution < 1.29 is 4.74 Å². The van der Waals surface area contributed by atoms with Gasteiger partial charge >= 0.3 is 0 Å². The van der Waals surface area contributed by atoms with Crippen molar-refractivity contribution in [2.24, 2.45) is 5.41 Å². The molecule has 78 valence electrons. The van der Waals surface area contributed by atoms with E-state index in [1.165, 1.54) is 19.3 Å². The lowest BCUT2D eigenvalue weighted by Gasteiger charge is -2.37. The van der Waals surface area contributed by atoms with E-state index in [9.17, 15) is 0 Å². The average Bonchev–Trinajstić information content (AvgIpc) is 2.16. The van der Waals surface area contributed by atoms with Crippen molar-refractivity contribution in [3.05, 3.63) is 0 Å². The standard InChI is InChI=1S/C11H23NO/c1-4-11(9-12-10(2)3)5-7-13-8-6-11/h10,12H,4-9H2,1-3H3. The summed E-state index contributed by atoms with van der Waals surface area (Å²) in [6.07, 6.45) is 3.72. The third-order valence-electron chi connectivity index (χ3n) is 3.19. The molecular formula is C11H23NO. The molecule has 1 aliphatic rings. The highest BCUT2D eigenvalue weighted by Gasteiger charge is 2.30. The SMILES string of the molecule is CCC1(CNC(C)C)CCOCC1. The molecule has 0 aromatic heterocycles. The van der Waals surface area contributed by atoms with Gasteiger partial charge in [0.25, 0.3) is 0 Å². The Bertz CT molecular complexity index is 139. The maximum absolute atomic E-state index is 5.41. The van der Waals surface area contributed by atoms with Gasteiger partial charge in [-0.3, -0.25) is 0 Å². The van der Waals surface area contributed by atoms with Crippen molar-refractivity contribution in [2.75, 3.05) is 19.8 Å². The highest BCUT2D eigenvalue weighted by Crippen LogP contribution is 2.33. The van der Waals surface area contributed by atoms with Crippen LogP contribution < -0.4 is 5.32 Å². The van der Waals surface area contributed by atoms with Crippen LogP contribution in [0.2, 0.25) is 0 Å². The Kier molecular flexibility index (Phi) is 4.20. The Labute approximate surface area is 82.0 Å². The van der Waals surface area contributed by atoms with Crippen LogP contribution in [0.4, 0.5) is 0 Å². The second-order valence-electron chi connectivity index (χ2n) is 4.50. The summed E-state index contributed by atoms with van der Waals surface area (Å²) in [4.78, 5) is 0. The topological polar surface area (TPSA) is 21.3 Å². The molecule has 0 aromatic rings. The average molecular weight is 185 g/mol. The molecule has 0 amide bonds. The Hall–Kier alpha value is -0.0800. The molecule has 0 spiro atoms. The van der Waals surface area contributed by atoms with Crippen LogP contribution in [0.25, 0.3) is 0 Å².